The van der Waals surface area contributed by atoms with Crippen LogP contribution < -0.4 is 4.90 Å². The molecule has 0 unspecified atom stereocenters. The highest BCUT2D eigenvalue weighted by Gasteiger charge is 2.25. The summed E-state index contributed by atoms with van der Waals surface area (Å²) >= 11 is 0. The molecule has 0 N–H and O–H groups in total. The molecule has 5 heteroatoms. The third-order valence-corrected chi connectivity index (χ3v) is 2.80. The Morgan fingerprint density at radius 1 is 1.41 bits per heavy atom. The number of aldehydes is 1. The number of carbonyl (C=O) groups excluding carboxylic acids is 1. The number of rotatable bonds is 2. The lowest BCUT2D eigenvalue weighted by Crippen LogP contribution is -2.46. The molecule has 92 valence electrons. The van der Waals surface area contributed by atoms with Gasteiger partial charge in [-0.1, -0.05) is 0 Å². The smallest absolute Gasteiger partial charge is 0.155 e. The van der Waals surface area contributed by atoms with Crippen LogP contribution in [-0.4, -0.2) is 36.6 Å². The molecular formula is C12H15FN2O2. The molecule has 2 atom stereocenters. The Hall–Kier alpha value is -1.49. The van der Waals surface area contributed by atoms with Gasteiger partial charge in [-0.05, 0) is 13.8 Å². The third-order valence-electron chi connectivity index (χ3n) is 2.80. The minimum Gasteiger partial charge on any atom is -0.372 e. The molecule has 1 fully saturated rings. The van der Waals surface area contributed by atoms with E-state index in [1.54, 1.807) is 0 Å². The number of ether oxygens (including phenoxy) is 1. The minimum atomic E-state index is -0.579. The molecule has 1 saturated heterocycles. The van der Waals surface area contributed by atoms with E-state index in [1.165, 1.54) is 6.20 Å². The van der Waals surface area contributed by atoms with Gasteiger partial charge in [0.25, 0.3) is 0 Å². The fourth-order valence-electron chi connectivity index (χ4n) is 2.18. The van der Waals surface area contributed by atoms with E-state index in [-0.39, 0.29) is 17.8 Å². The van der Waals surface area contributed by atoms with Crippen molar-refractivity contribution in [3.05, 3.63) is 23.8 Å². The van der Waals surface area contributed by atoms with Gasteiger partial charge in [-0.25, -0.2) is 4.39 Å². The van der Waals surface area contributed by atoms with Crippen LogP contribution >= 0.6 is 0 Å². The summed E-state index contributed by atoms with van der Waals surface area (Å²) < 4.78 is 19.0. The highest BCUT2D eigenvalue weighted by molar-refractivity contribution is 5.84. The van der Waals surface area contributed by atoms with Gasteiger partial charge in [-0.2, -0.15) is 0 Å². The largest absolute Gasteiger partial charge is 0.372 e. The summed E-state index contributed by atoms with van der Waals surface area (Å²) in [6.45, 7) is 5.18. The van der Waals surface area contributed by atoms with Gasteiger partial charge in [0.15, 0.2) is 12.1 Å². The number of pyridine rings is 1. The molecular weight excluding hydrogens is 223 g/mol. The zero-order valence-electron chi connectivity index (χ0n) is 9.89. The Morgan fingerprint density at radius 2 is 2.06 bits per heavy atom. The Kier molecular flexibility index (Phi) is 3.38. The first-order valence-electron chi connectivity index (χ1n) is 5.61. The van der Waals surface area contributed by atoms with Crippen molar-refractivity contribution in [1.82, 2.24) is 4.98 Å². The van der Waals surface area contributed by atoms with Crippen LogP contribution in [0.15, 0.2) is 12.4 Å². The number of halogens is 1. The number of anilines is 1. The number of morpholine rings is 1. The van der Waals surface area contributed by atoms with Crippen LogP contribution in [0.5, 0.6) is 0 Å². The van der Waals surface area contributed by atoms with Gasteiger partial charge >= 0.3 is 0 Å². The highest BCUT2D eigenvalue weighted by Crippen LogP contribution is 2.24. The van der Waals surface area contributed by atoms with Crippen LogP contribution in [0.3, 0.4) is 0 Å². The summed E-state index contributed by atoms with van der Waals surface area (Å²) in [6.07, 6.45) is 3.23. The second-order valence-electron chi connectivity index (χ2n) is 4.33. The zero-order chi connectivity index (χ0) is 12.4. The standard InChI is InChI=1S/C12H15FN2O2/c1-8-5-15(6-9(2)17-8)12-4-14-3-11(13)10(12)7-16/h3-4,7-9H,5-6H2,1-2H3/t8-,9+. The Labute approximate surface area is 99.4 Å². The summed E-state index contributed by atoms with van der Waals surface area (Å²) in [6, 6.07) is 0. The molecule has 0 bridgehead atoms. The average Bonchev–Trinajstić information content (AvgIpc) is 2.27. The molecule has 2 rings (SSSR count). The lowest BCUT2D eigenvalue weighted by molar-refractivity contribution is -0.00529. The number of aromatic nitrogens is 1. The molecule has 0 aromatic carbocycles. The van der Waals surface area contributed by atoms with E-state index >= 15 is 0 Å². The third kappa shape index (κ3) is 2.44. The van der Waals surface area contributed by atoms with Crippen LogP contribution in [-0.2, 0) is 4.74 Å². The number of carbonyl (C=O) groups is 1. The van der Waals surface area contributed by atoms with Crippen LogP contribution in [0.1, 0.15) is 24.2 Å². The summed E-state index contributed by atoms with van der Waals surface area (Å²) in [4.78, 5) is 16.7. The molecule has 2 heterocycles. The first-order valence-corrected chi connectivity index (χ1v) is 5.61. The lowest BCUT2D eigenvalue weighted by atomic mass is 10.1. The van der Waals surface area contributed by atoms with E-state index in [4.69, 9.17) is 4.74 Å². The number of hydrogen-bond acceptors (Lipinski definition) is 4. The molecule has 1 aliphatic heterocycles. The van der Waals surface area contributed by atoms with Crippen LogP contribution in [0.2, 0.25) is 0 Å². The van der Waals surface area contributed by atoms with Gasteiger partial charge in [-0.3, -0.25) is 9.78 Å². The molecule has 0 aliphatic carbocycles. The fraction of sp³-hybridized carbons (Fsp3) is 0.500. The summed E-state index contributed by atoms with van der Waals surface area (Å²) in [7, 11) is 0. The van der Waals surface area contributed by atoms with Crippen LogP contribution in [0.4, 0.5) is 10.1 Å². The summed E-state index contributed by atoms with van der Waals surface area (Å²) in [5, 5.41) is 0. The molecule has 4 nitrogen and oxygen atoms in total. The van der Waals surface area contributed by atoms with Crippen molar-refractivity contribution in [2.45, 2.75) is 26.1 Å². The quantitative estimate of drug-likeness (QED) is 0.735. The lowest BCUT2D eigenvalue weighted by Gasteiger charge is -2.37. The molecule has 0 saturated carbocycles. The molecule has 0 radical (unpaired) electrons. The second-order valence-corrected chi connectivity index (χ2v) is 4.33. The first kappa shape index (κ1) is 12.0. The van der Waals surface area contributed by atoms with E-state index in [0.717, 1.165) is 6.20 Å². The number of nitrogens with zero attached hydrogens (tertiary/aromatic N) is 2. The van der Waals surface area contributed by atoms with Crippen molar-refractivity contribution < 1.29 is 13.9 Å². The molecule has 0 spiro atoms. The van der Waals surface area contributed by atoms with Crippen LogP contribution in [0.25, 0.3) is 0 Å². The number of hydrogen-bond donors (Lipinski definition) is 0. The predicted octanol–water partition coefficient (Wildman–Crippen LogP) is 1.65. The maximum atomic E-state index is 13.4. The highest BCUT2D eigenvalue weighted by atomic mass is 19.1. The molecule has 17 heavy (non-hydrogen) atoms. The van der Waals surface area contributed by atoms with E-state index in [2.05, 4.69) is 4.98 Å². The van der Waals surface area contributed by atoms with Gasteiger partial charge in [0.2, 0.25) is 0 Å². The van der Waals surface area contributed by atoms with Gasteiger partial charge in [0.05, 0.1) is 35.9 Å². The van der Waals surface area contributed by atoms with Crippen molar-refractivity contribution >= 4 is 12.0 Å². The topological polar surface area (TPSA) is 42.4 Å². The monoisotopic (exact) mass is 238 g/mol. The van der Waals surface area contributed by atoms with Crippen molar-refractivity contribution in [2.24, 2.45) is 0 Å². The van der Waals surface area contributed by atoms with Gasteiger partial charge in [0, 0.05) is 13.1 Å². The molecule has 1 aliphatic rings. The molecule has 1 aromatic heterocycles. The second kappa shape index (κ2) is 4.79. The van der Waals surface area contributed by atoms with E-state index in [0.29, 0.717) is 25.1 Å². The maximum absolute atomic E-state index is 13.4. The summed E-state index contributed by atoms with van der Waals surface area (Å²) in [5.74, 6) is -0.579. The van der Waals surface area contributed by atoms with Gasteiger partial charge in [0.1, 0.15) is 0 Å². The van der Waals surface area contributed by atoms with Gasteiger partial charge < -0.3 is 9.64 Å². The summed E-state index contributed by atoms with van der Waals surface area (Å²) in [5.41, 5.74) is 0.614. The predicted molar refractivity (Wildman–Crippen MR) is 61.8 cm³/mol. The minimum absolute atomic E-state index is 0.0570. The van der Waals surface area contributed by atoms with E-state index in [1.807, 2.05) is 18.7 Å². The van der Waals surface area contributed by atoms with Gasteiger partial charge in [-0.15, -0.1) is 0 Å². The van der Waals surface area contributed by atoms with Crippen molar-refractivity contribution in [3.63, 3.8) is 0 Å². The zero-order valence-corrected chi connectivity index (χ0v) is 9.89. The normalized spacial score (nSPS) is 24.8. The fourth-order valence-corrected chi connectivity index (χ4v) is 2.18. The van der Waals surface area contributed by atoms with Crippen molar-refractivity contribution in [2.75, 3.05) is 18.0 Å². The maximum Gasteiger partial charge on any atom is 0.155 e. The average molecular weight is 238 g/mol. The Bertz CT molecular complexity index is 415. The van der Waals surface area contributed by atoms with Crippen molar-refractivity contribution in [1.29, 1.82) is 0 Å². The SMILES string of the molecule is C[C@@H]1CN(c2cncc(F)c2C=O)C[C@H](C)O1. The van der Waals surface area contributed by atoms with Crippen molar-refractivity contribution in [3.8, 4) is 0 Å². The first-order chi connectivity index (χ1) is 8.11. The van der Waals surface area contributed by atoms with E-state index < -0.39 is 5.82 Å². The van der Waals surface area contributed by atoms with E-state index in [9.17, 15) is 9.18 Å². The Balaban J connectivity index is 2.33. The van der Waals surface area contributed by atoms with Crippen LogP contribution in [0, 0.1) is 5.82 Å². The molecule has 1 aromatic rings. The Morgan fingerprint density at radius 3 is 2.65 bits per heavy atom. The molecule has 0 amide bonds.